The van der Waals surface area contributed by atoms with E-state index in [1.54, 1.807) is 0 Å². The van der Waals surface area contributed by atoms with E-state index >= 15 is 0 Å². The number of para-hydroxylation sites is 1. The van der Waals surface area contributed by atoms with E-state index in [0.717, 1.165) is 30.8 Å². The highest BCUT2D eigenvalue weighted by molar-refractivity contribution is 5.33. The Balaban J connectivity index is 2.04. The molecule has 3 nitrogen and oxygen atoms in total. The number of hydrogen-bond acceptors (Lipinski definition) is 3. The van der Waals surface area contributed by atoms with Crippen LogP contribution in [0.1, 0.15) is 12.0 Å². The topological polar surface area (TPSA) is 38.5 Å². The lowest BCUT2D eigenvalue weighted by molar-refractivity contribution is 0.206. The first-order valence-electron chi connectivity index (χ1n) is 5.43. The van der Waals surface area contributed by atoms with Crippen LogP contribution in [-0.2, 0) is 6.54 Å². The highest BCUT2D eigenvalue weighted by atomic mass is 16.5. The van der Waals surface area contributed by atoms with E-state index in [9.17, 15) is 0 Å². The molecule has 0 aromatic heterocycles. The number of nitrogens with zero attached hydrogens (tertiary/aromatic N) is 1. The minimum atomic E-state index is 0.322. The van der Waals surface area contributed by atoms with Gasteiger partial charge in [0.25, 0.3) is 0 Å². The van der Waals surface area contributed by atoms with E-state index in [-0.39, 0.29) is 0 Å². The Labute approximate surface area is 90.8 Å². The van der Waals surface area contributed by atoms with Gasteiger partial charge in [-0.2, -0.15) is 0 Å². The average Bonchev–Trinajstić information content (AvgIpc) is 2.65. The van der Waals surface area contributed by atoms with Crippen LogP contribution in [0.2, 0.25) is 0 Å². The second-order valence-corrected chi connectivity index (χ2v) is 4.10. The van der Waals surface area contributed by atoms with Crippen molar-refractivity contribution < 1.29 is 4.74 Å². The van der Waals surface area contributed by atoms with Crippen LogP contribution in [0.25, 0.3) is 0 Å². The molecule has 1 aliphatic rings. The maximum atomic E-state index is 5.95. The molecule has 1 aromatic rings. The van der Waals surface area contributed by atoms with Crippen LogP contribution in [0, 0.1) is 0 Å². The van der Waals surface area contributed by atoms with Gasteiger partial charge in [0.1, 0.15) is 11.9 Å². The summed E-state index contributed by atoms with van der Waals surface area (Å²) in [5, 5.41) is 0. The van der Waals surface area contributed by atoms with Crippen LogP contribution in [0.4, 0.5) is 0 Å². The van der Waals surface area contributed by atoms with Crippen LogP contribution in [0.3, 0.4) is 0 Å². The molecule has 1 atom stereocenters. The molecule has 1 unspecified atom stereocenters. The van der Waals surface area contributed by atoms with Crippen molar-refractivity contribution >= 4 is 0 Å². The van der Waals surface area contributed by atoms with Gasteiger partial charge in [-0.3, -0.25) is 0 Å². The predicted octanol–water partition coefficient (Wildman–Crippen LogP) is 1.23. The second-order valence-electron chi connectivity index (χ2n) is 4.10. The van der Waals surface area contributed by atoms with Crippen molar-refractivity contribution in [3.05, 3.63) is 29.8 Å². The molecule has 1 aliphatic heterocycles. The van der Waals surface area contributed by atoms with E-state index < -0.39 is 0 Å². The lowest BCUT2D eigenvalue weighted by Crippen LogP contribution is -2.22. The first-order valence-corrected chi connectivity index (χ1v) is 5.43. The van der Waals surface area contributed by atoms with Crippen molar-refractivity contribution in [2.75, 3.05) is 20.1 Å². The van der Waals surface area contributed by atoms with Gasteiger partial charge in [-0.1, -0.05) is 18.2 Å². The third-order valence-electron chi connectivity index (χ3n) is 2.83. The third-order valence-corrected chi connectivity index (χ3v) is 2.83. The summed E-state index contributed by atoms with van der Waals surface area (Å²) >= 11 is 0. The van der Waals surface area contributed by atoms with E-state index in [0.29, 0.717) is 12.6 Å². The number of likely N-dealkylation sites (N-methyl/N-ethyl adjacent to an activating group) is 1. The SMILES string of the molecule is CN1CCC(Oc2ccccc2CN)C1. The normalized spacial score (nSPS) is 21.9. The van der Waals surface area contributed by atoms with Crippen LogP contribution < -0.4 is 10.5 Å². The maximum absolute atomic E-state index is 5.95. The molecule has 0 radical (unpaired) electrons. The first kappa shape index (κ1) is 10.5. The van der Waals surface area contributed by atoms with Crippen LogP contribution >= 0.6 is 0 Å². The minimum absolute atomic E-state index is 0.322. The summed E-state index contributed by atoms with van der Waals surface area (Å²) in [5.41, 5.74) is 6.75. The van der Waals surface area contributed by atoms with Crippen molar-refractivity contribution in [2.45, 2.75) is 19.1 Å². The molecule has 1 heterocycles. The van der Waals surface area contributed by atoms with Gasteiger partial charge in [0.2, 0.25) is 0 Å². The lowest BCUT2D eigenvalue weighted by Gasteiger charge is -2.16. The van der Waals surface area contributed by atoms with Crippen molar-refractivity contribution in [1.29, 1.82) is 0 Å². The quantitative estimate of drug-likeness (QED) is 0.808. The molecule has 2 N–H and O–H groups in total. The number of benzene rings is 1. The average molecular weight is 206 g/mol. The molecule has 0 aliphatic carbocycles. The fourth-order valence-corrected chi connectivity index (χ4v) is 1.96. The van der Waals surface area contributed by atoms with Gasteiger partial charge < -0.3 is 15.4 Å². The Morgan fingerprint density at radius 1 is 1.47 bits per heavy atom. The predicted molar refractivity (Wildman–Crippen MR) is 60.9 cm³/mol. The zero-order valence-corrected chi connectivity index (χ0v) is 9.15. The third kappa shape index (κ3) is 2.49. The van der Waals surface area contributed by atoms with Crippen LogP contribution in [0.5, 0.6) is 5.75 Å². The molecule has 15 heavy (non-hydrogen) atoms. The Bertz CT molecular complexity index is 327. The zero-order valence-electron chi connectivity index (χ0n) is 9.15. The Kier molecular flexibility index (Phi) is 3.23. The zero-order chi connectivity index (χ0) is 10.7. The summed E-state index contributed by atoms with van der Waals surface area (Å²) in [6, 6.07) is 8.01. The molecule has 1 fully saturated rings. The summed E-state index contributed by atoms with van der Waals surface area (Å²) in [4.78, 5) is 2.29. The van der Waals surface area contributed by atoms with Gasteiger partial charge in [0.15, 0.2) is 0 Å². The summed E-state index contributed by atoms with van der Waals surface area (Å²) in [7, 11) is 2.12. The fraction of sp³-hybridized carbons (Fsp3) is 0.500. The van der Waals surface area contributed by atoms with E-state index in [4.69, 9.17) is 10.5 Å². The molecule has 0 spiro atoms. The highest BCUT2D eigenvalue weighted by Gasteiger charge is 2.21. The van der Waals surface area contributed by atoms with Gasteiger partial charge in [0, 0.05) is 25.2 Å². The largest absolute Gasteiger partial charge is 0.489 e. The number of ether oxygens (including phenoxy) is 1. The molecule has 0 bridgehead atoms. The van der Waals surface area contributed by atoms with Crippen molar-refractivity contribution in [3.63, 3.8) is 0 Å². The van der Waals surface area contributed by atoms with Crippen molar-refractivity contribution in [2.24, 2.45) is 5.73 Å². The summed E-state index contributed by atoms with van der Waals surface area (Å²) in [6.07, 6.45) is 1.43. The summed E-state index contributed by atoms with van der Waals surface area (Å²) in [5.74, 6) is 0.945. The number of rotatable bonds is 3. The number of nitrogens with two attached hydrogens (primary N) is 1. The molecule has 2 rings (SSSR count). The van der Waals surface area contributed by atoms with Crippen LogP contribution in [-0.4, -0.2) is 31.1 Å². The van der Waals surface area contributed by atoms with E-state index in [2.05, 4.69) is 11.9 Å². The van der Waals surface area contributed by atoms with Crippen molar-refractivity contribution in [3.8, 4) is 5.75 Å². The smallest absolute Gasteiger partial charge is 0.124 e. The molecule has 1 aromatic carbocycles. The Morgan fingerprint density at radius 2 is 2.27 bits per heavy atom. The lowest BCUT2D eigenvalue weighted by atomic mass is 10.2. The maximum Gasteiger partial charge on any atom is 0.124 e. The summed E-state index contributed by atoms with van der Waals surface area (Å²) in [6.45, 7) is 2.67. The van der Waals surface area contributed by atoms with Gasteiger partial charge in [-0.25, -0.2) is 0 Å². The second kappa shape index (κ2) is 4.64. The molecule has 82 valence electrons. The minimum Gasteiger partial charge on any atom is -0.489 e. The summed E-state index contributed by atoms with van der Waals surface area (Å²) < 4.78 is 5.95. The molecule has 1 saturated heterocycles. The van der Waals surface area contributed by atoms with Crippen molar-refractivity contribution in [1.82, 2.24) is 4.90 Å². The number of likely N-dealkylation sites (tertiary alicyclic amines) is 1. The first-order chi connectivity index (χ1) is 7.29. The molecule has 0 saturated carbocycles. The van der Waals surface area contributed by atoms with Gasteiger partial charge in [0.05, 0.1) is 0 Å². The van der Waals surface area contributed by atoms with Gasteiger partial charge >= 0.3 is 0 Å². The standard InChI is InChI=1S/C12H18N2O/c1-14-7-6-11(9-14)15-12-5-3-2-4-10(12)8-13/h2-5,11H,6-9,13H2,1H3. The molecule has 3 heteroatoms. The monoisotopic (exact) mass is 206 g/mol. The van der Waals surface area contributed by atoms with Gasteiger partial charge in [-0.05, 0) is 19.5 Å². The Hall–Kier alpha value is -1.06. The number of hydrogen-bond donors (Lipinski definition) is 1. The van der Waals surface area contributed by atoms with E-state index in [1.807, 2.05) is 24.3 Å². The molecule has 0 amide bonds. The molecular weight excluding hydrogens is 188 g/mol. The van der Waals surface area contributed by atoms with Gasteiger partial charge in [-0.15, -0.1) is 0 Å². The van der Waals surface area contributed by atoms with Crippen LogP contribution in [0.15, 0.2) is 24.3 Å². The fourth-order valence-electron chi connectivity index (χ4n) is 1.96. The Morgan fingerprint density at radius 3 is 2.93 bits per heavy atom. The highest BCUT2D eigenvalue weighted by Crippen LogP contribution is 2.21. The molecular formula is C12H18N2O. The van der Waals surface area contributed by atoms with E-state index in [1.165, 1.54) is 0 Å².